The second-order valence-corrected chi connectivity index (χ2v) is 21.1. The Labute approximate surface area is 379 Å². The minimum absolute atomic E-state index is 0.0249. The number of aryl methyl sites for hydroxylation is 1. The summed E-state index contributed by atoms with van der Waals surface area (Å²) in [6, 6.07) is 17.4. The van der Waals surface area contributed by atoms with Gasteiger partial charge in [-0.15, -0.1) is 0 Å². The second kappa shape index (κ2) is 18.6. The van der Waals surface area contributed by atoms with Gasteiger partial charge in [0.1, 0.15) is 0 Å². The van der Waals surface area contributed by atoms with Gasteiger partial charge in [0.25, 0.3) is 5.56 Å². The maximum Gasteiger partial charge on any atom is 0.257 e. The SMILES string of the molecule is Cc1cc(=O)n(-c2cccc(NC(=O)C3CC3)c2)c2nc(Nc3ccc(N4CCN(CCCCCCCCCCCCNC(=O)CC56CC7CC8CC(C5)C8(C7)C6)CC4)cc3)ncc12. The minimum atomic E-state index is -0.191. The van der Waals surface area contributed by atoms with Gasteiger partial charge in [-0.2, -0.15) is 4.98 Å². The number of unbranched alkanes of at least 4 members (excludes halogenated alkanes) is 9. The Morgan fingerprint density at radius 2 is 1.53 bits per heavy atom. The molecule has 5 unspecified atom stereocenters. The van der Waals surface area contributed by atoms with Crippen LogP contribution in [0.5, 0.6) is 0 Å². The number of hydrogen-bond acceptors (Lipinski definition) is 8. The van der Waals surface area contributed by atoms with Gasteiger partial charge in [-0.3, -0.25) is 23.9 Å². The van der Waals surface area contributed by atoms with E-state index in [0.29, 0.717) is 39.7 Å². The molecular formula is C53H70N8O3. The van der Waals surface area contributed by atoms with Crippen LogP contribution in [0.3, 0.4) is 0 Å². The molecule has 1 spiro atoms. The van der Waals surface area contributed by atoms with E-state index in [9.17, 15) is 14.4 Å². The van der Waals surface area contributed by atoms with E-state index in [2.05, 4.69) is 55.0 Å². The van der Waals surface area contributed by atoms with Gasteiger partial charge in [0, 0.05) is 79.8 Å². The molecule has 10 rings (SSSR count). The summed E-state index contributed by atoms with van der Waals surface area (Å²) in [5, 5.41) is 10.4. The predicted octanol–water partition coefficient (Wildman–Crippen LogP) is 9.93. The summed E-state index contributed by atoms with van der Waals surface area (Å²) in [5.41, 5.74) is 5.57. The number of benzene rings is 2. The summed E-state index contributed by atoms with van der Waals surface area (Å²) in [4.78, 5) is 53.2. The van der Waals surface area contributed by atoms with Gasteiger partial charge in [-0.1, -0.05) is 57.4 Å². The van der Waals surface area contributed by atoms with E-state index in [1.165, 1.54) is 109 Å². The molecule has 340 valence electrons. The van der Waals surface area contributed by atoms with Crippen molar-refractivity contribution >= 4 is 45.9 Å². The molecule has 6 fully saturated rings. The fraction of sp³-hybridized carbons (Fsp3) is 0.604. The Hall–Kier alpha value is -4.77. The number of piperazine rings is 1. The van der Waals surface area contributed by atoms with Crippen molar-refractivity contribution in [3.05, 3.63) is 76.7 Å². The molecule has 2 aromatic carbocycles. The van der Waals surface area contributed by atoms with E-state index < -0.39 is 0 Å². The van der Waals surface area contributed by atoms with Gasteiger partial charge in [0.15, 0.2) is 5.65 Å². The van der Waals surface area contributed by atoms with Crippen LogP contribution in [0, 0.1) is 41.4 Å². The maximum atomic E-state index is 13.4. The molecule has 11 nitrogen and oxygen atoms in total. The van der Waals surface area contributed by atoms with E-state index in [-0.39, 0.29) is 17.4 Å². The molecule has 3 heterocycles. The van der Waals surface area contributed by atoms with Gasteiger partial charge in [0.2, 0.25) is 17.8 Å². The fourth-order valence-corrected chi connectivity index (χ4v) is 13.2. The highest BCUT2D eigenvalue weighted by Gasteiger charge is 2.70. The number of nitrogens with one attached hydrogen (secondary N) is 3. The molecule has 5 aliphatic carbocycles. The largest absolute Gasteiger partial charge is 0.369 e. The van der Waals surface area contributed by atoms with E-state index in [1.54, 1.807) is 16.8 Å². The average Bonchev–Trinajstić information content (AvgIpc) is 4.09. The number of anilines is 4. The lowest BCUT2D eigenvalue weighted by Crippen LogP contribution is -2.46. The first-order valence-corrected chi connectivity index (χ1v) is 25.1. The summed E-state index contributed by atoms with van der Waals surface area (Å²) in [6.07, 6.45) is 25.9. The lowest BCUT2D eigenvalue weighted by atomic mass is 9.55. The van der Waals surface area contributed by atoms with Crippen LogP contribution in [-0.4, -0.2) is 70.5 Å². The molecule has 2 amide bonds. The molecule has 5 atom stereocenters. The van der Waals surface area contributed by atoms with Gasteiger partial charge in [0.05, 0.1) is 5.69 Å². The summed E-state index contributed by atoms with van der Waals surface area (Å²) >= 11 is 0. The van der Waals surface area contributed by atoms with Gasteiger partial charge in [-0.05, 0) is 154 Å². The van der Waals surface area contributed by atoms with Gasteiger partial charge in [-0.25, -0.2) is 4.98 Å². The summed E-state index contributed by atoms with van der Waals surface area (Å²) in [7, 11) is 0. The zero-order valence-electron chi connectivity index (χ0n) is 38.2. The van der Waals surface area contributed by atoms with E-state index in [0.717, 1.165) is 92.8 Å². The maximum absolute atomic E-state index is 13.4. The number of pyridine rings is 1. The van der Waals surface area contributed by atoms with Crippen LogP contribution in [0.2, 0.25) is 0 Å². The lowest BCUT2D eigenvalue weighted by Gasteiger charge is -2.49. The van der Waals surface area contributed by atoms with E-state index in [4.69, 9.17) is 4.98 Å². The molecule has 6 aliphatic rings. The first-order valence-electron chi connectivity index (χ1n) is 25.1. The minimum Gasteiger partial charge on any atom is -0.369 e. The van der Waals surface area contributed by atoms with Crippen molar-refractivity contribution in [1.82, 2.24) is 24.8 Å². The number of carbonyl (C=O) groups is 2. The molecule has 64 heavy (non-hydrogen) atoms. The molecule has 0 radical (unpaired) electrons. The topological polar surface area (TPSA) is 124 Å². The predicted molar refractivity (Wildman–Crippen MR) is 256 cm³/mol. The van der Waals surface area contributed by atoms with Crippen LogP contribution in [0.4, 0.5) is 23.0 Å². The number of aromatic nitrogens is 3. The van der Waals surface area contributed by atoms with Crippen LogP contribution in [0.1, 0.15) is 128 Å². The highest BCUT2D eigenvalue weighted by Crippen LogP contribution is 2.79. The van der Waals surface area contributed by atoms with Gasteiger partial charge >= 0.3 is 0 Å². The summed E-state index contributed by atoms with van der Waals surface area (Å²) < 4.78 is 1.59. The molecule has 3 N–H and O–H groups in total. The molecule has 11 heteroatoms. The molecule has 4 aromatic rings. The van der Waals surface area contributed by atoms with Crippen LogP contribution in [-0.2, 0) is 9.59 Å². The number of amides is 2. The Morgan fingerprint density at radius 1 is 0.781 bits per heavy atom. The van der Waals surface area contributed by atoms with Crippen molar-refractivity contribution in [3.8, 4) is 5.69 Å². The monoisotopic (exact) mass is 867 g/mol. The highest BCUT2D eigenvalue weighted by molar-refractivity contribution is 5.94. The average molecular weight is 867 g/mol. The molecule has 1 aliphatic heterocycles. The number of rotatable bonds is 21. The number of nitrogens with zero attached hydrogens (tertiary/aromatic N) is 5. The van der Waals surface area contributed by atoms with Gasteiger partial charge < -0.3 is 20.9 Å². The lowest BCUT2D eigenvalue weighted by molar-refractivity contribution is -0.124. The molecule has 3 bridgehead atoms. The first kappa shape index (κ1) is 43.1. The number of fused-ring (bicyclic) bond motifs is 3. The van der Waals surface area contributed by atoms with Crippen LogP contribution >= 0.6 is 0 Å². The van der Waals surface area contributed by atoms with Crippen LogP contribution in [0.15, 0.2) is 65.6 Å². The number of carbonyl (C=O) groups excluding carboxylic acids is 2. The molecule has 5 saturated carbocycles. The summed E-state index contributed by atoms with van der Waals surface area (Å²) in [5.74, 6) is 3.77. The molecular weight excluding hydrogens is 797 g/mol. The van der Waals surface area contributed by atoms with Crippen molar-refractivity contribution in [3.63, 3.8) is 0 Å². The Balaban J connectivity index is 0.588. The van der Waals surface area contributed by atoms with Crippen molar-refractivity contribution in [1.29, 1.82) is 0 Å². The van der Waals surface area contributed by atoms with Crippen LogP contribution in [0.25, 0.3) is 16.7 Å². The van der Waals surface area contributed by atoms with E-state index >= 15 is 0 Å². The number of hydrogen-bond donors (Lipinski definition) is 3. The quantitative estimate of drug-likeness (QED) is 0.0708. The fourth-order valence-electron chi connectivity index (χ4n) is 13.2. The zero-order chi connectivity index (χ0) is 43.7. The molecule has 2 aromatic heterocycles. The third-order valence-corrected chi connectivity index (χ3v) is 16.5. The first-order chi connectivity index (χ1) is 31.2. The zero-order valence-corrected chi connectivity index (χ0v) is 38.2. The highest BCUT2D eigenvalue weighted by atomic mass is 16.2. The van der Waals surface area contributed by atoms with Crippen molar-refractivity contribution in [2.45, 2.75) is 129 Å². The Morgan fingerprint density at radius 3 is 2.30 bits per heavy atom. The molecule has 1 saturated heterocycles. The third kappa shape index (κ3) is 9.33. The smallest absolute Gasteiger partial charge is 0.257 e. The summed E-state index contributed by atoms with van der Waals surface area (Å²) in [6.45, 7) is 8.19. The van der Waals surface area contributed by atoms with Crippen molar-refractivity contribution in [2.24, 2.45) is 34.5 Å². The van der Waals surface area contributed by atoms with E-state index in [1.807, 2.05) is 31.2 Å². The second-order valence-electron chi connectivity index (χ2n) is 21.1. The standard InChI is InChI=1S/C53H70N8O3/c1-37-27-48(63)61(45-14-12-13-43(30-45)56-50(64)39-15-16-39)49-46(37)35-55-51(58-49)57-42-17-19-44(20-18-42)60-25-23-59(24-26-60)22-11-9-7-5-3-2-4-6-8-10-21-54-47(62)34-52-31-38-28-40-29-41(33-52)53(40,32-38)36-52/h12-14,17-20,27,30,35,38-41H,2-11,15-16,21-26,28-29,31-34,36H2,1H3,(H,54,62)(H,56,64)(H,55,57,58). The Bertz CT molecular complexity index is 2370. The van der Waals surface area contributed by atoms with Crippen LogP contribution < -0.4 is 26.4 Å². The third-order valence-electron chi connectivity index (χ3n) is 16.5. The van der Waals surface area contributed by atoms with Crippen molar-refractivity contribution in [2.75, 3.05) is 54.8 Å². The van der Waals surface area contributed by atoms with Crippen molar-refractivity contribution < 1.29 is 9.59 Å². The normalized spacial score (nSPS) is 25.6. The Kier molecular flexibility index (Phi) is 12.5.